The molecule has 8 heteroatoms. The zero-order valence-corrected chi connectivity index (χ0v) is 11.7. The molecule has 0 amide bonds. The SMILES string of the molecule is CC(=O)SCC(O)C(O)c1cc(F)c([N+](=O)[O-])cc1C. The van der Waals surface area contributed by atoms with Crippen LogP contribution in [0.15, 0.2) is 12.1 Å². The average Bonchev–Trinajstić information content (AvgIpc) is 2.36. The number of nitro groups is 1. The molecule has 2 atom stereocenters. The second kappa shape index (κ2) is 6.78. The average molecular weight is 303 g/mol. The first-order valence-corrected chi connectivity index (χ1v) is 6.66. The molecule has 0 aliphatic carbocycles. The predicted molar refractivity (Wildman–Crippen MR) is 71.9 cm³/mol. The number of aliphatic hydroxyl groups excluding tert-OH is 2. The van der Waals surface area contributed by atoms with Crippen LogP contribution in [0.4, 0.5) is 10.1 Å². The van der Waals surface area contributed by atoms with Crippen molar-refractivity contribution in [2.24, 2.45) is 0 Å². The summed E-state index contributed by atoms with van der Waals surface area (Å²) < 4.78 is 13.5. The van der Waals surface area contributed by atoms with Gasteiger partial charge < -0.3 is 10.2 Å². The second-order valence-corrected chi connectivity index (χ2v) is 5.43. The third kappa shape index (κ3) is 3.99. The lowest BCUT2D eigenvalue weighted by molar-refractivity contribution is -0.387. The first-order valence-electron chi connectivity index (χ1n) is 5.68. The highest BCUT2D eigenvalue weighted by Gasteiger charge is 2.24. The van der Waals surface area contributed by atoms with Crippen LogP contribution in [0, 0.1) is 22.9 Å². The van der Waals surface area contributed by atoms with Crippen molar-refractivity contribution in [1.82, 2.24) is 0 Å². The van der Waals surface area contributed by atoms with E-state index in [9.17, 15) is 29.5 Å². The number of hydrogen-bond donors (Lipinski definition) is 2. The van der Waals surface area contributed by atoms with Crippen LogP contribution in [0.3, 0.4) is 0 Å². The highest BCUT2D eigenvalue weighted by Crippen LogP contribution is 2.28. The normalized spacial score (nSPS) is 13.8. The van der Waals surface area contributed by atoms with E-state index in [1.165, 1.54) is 13.8 Å². The van der Waals surface area contributed by atoms with E-state index in [2.05, 4.69) is 0 Å². The van der Waals surface area contributed by atoms with Gasteiger partial charge in [0.25, 0.3) is 0 Å². The third-order valence-electron chi connectivity index (χ3n) is 2.67. The Morgan fingerprint density at radius 3 is 2.60 bits per heavy atom. The molecule has 0 heterocycles. The van der Waals surface area contributed by atoms with Crippen molar-refractivity contribution < 1.29 is 24.3 Å². The summed E-state index contributed by atoms with van der Waals surface area (Å²) >= 11 is 0.830. The number of halogens is 1. The van der Waals surface area contributed by atoms with Gasteiger partial charge in [0.1, 0.15) is 6.10 Å². The topological polar surface area (TPSA) is 101 Å². The smallest absolute Gasteiger partial charge is 0.305 e. The van der Waals surface area contributed by atoms with E-state index in [1.807, 2.05) is 0 Å². The Labute approximate surface area is 118 Å². The minimum Gasteiger partial charge on any atom is -0.389 e. The molecule has 0 aromatic heterocycles. The molecule has 6 nitrogen and oxygen atoms in total. The molecule has 0 aliphatic rings. The number of hydrogen-bond acceptors (Lipinski definition) is 6. The Kier molecular flexibility index (Phi) is 5.61. The molecule has 0 spiro atoms. The molecular weight excluding hydrogens is 289 g/mol. The quantitative estimate of drug-likeness (QED) is 0.634. The van der Waals surface area contributed by atoms with E-state index in [-0.39, 0.29) is 22.0 Å². The number of aliphatic hydroxyl groups is 2. The van der Waals surface area contributed by atoms with E-state index in [0.717, 1.165) is 23.9 Å². The van der Waals surface area contributed by atoms with Crippen molar-refractivity contribution in [3.8, 4) is 0 Å². The van der Waals surface area contributed by atoms with Crippen molar-refractivity contribution in [1.29, 1.82) is 0 Å². The lowest BCUT2D eigenvalue weighted by atomic mass is 9.99. The van der Waals surface area contributed by atoms with Gasteiger partial charge in [0, 0.05) is 18.7 Å². The van der Waals surface area contributed by atoms with Crippen LogP contribution in [0.5, 0.6) is 0 Å². The Bertz CT molecular complexity index is 537. The van der Waals surface area contributed by atoms with Gasteiger partial charge in [0.15, 0.2) is 5.12 Å². The largest absolute Gasteiger partial charge is 0.389 e. The first-order chi connectivity index (χ1) is 9.23. The van der Waals surface area contributed by atoms with E-state index in [1.54, 1.807) is 0 Å². The number of carbonyl (C=O) groups is 1. The number of carbonyl (C=O) groups excluding carboxylic acids is 1. The van der Waals surface area contributed by atoms with Gasteiger partial charge in [0.05, 0.1) is 11.0 Å². The van der Waals surface area contributed by atoms with Crippen molar-refractivity contribution in [2.75, 3.05) is 5.75 Å². The van der Waals surface area contributed by atoms with Gasteiger partial charge in [-0.05, 0) is 24.1 Å². The summed E-state index contributed by atoms with van der Waals surface area (Å²) in [7, 11) is 0. The Morgan fingerprint density at radius 1 is 1.50 bits per heavy atom. The molecule has 2 unspecified atom stereocenters. The Morgan fingerprint density at radius 2 is 2.10 bits per heavy atom. The number of nitro benzene ring substituents is 1. The van der Waals surface area contributed by atoms with E-state index in [0.29, 0.717) is 0 Å². The van der Waals surface area contributed by atoms with Gasteiger partial charge in [-0.25, -0.2) is 0 Å². The maximum absolute atomic E-state index is 13.5. The lowest BCUT2D eigenvalue weighted by Gasteiger charge is -2.19. The van der Waals surface area contributed by atoms with Crippen LogP contribution in [-0.2, 0) is 4.79 Å². The summed E-state index contributed by atoms with van der Waals surface area (Å²) in [6.07, 6.45) is -2.69. The monoisotopic (exact) mass is 303 g/mol. The van der Waals surface area contributed by atoms with Crippen LogP contribution in [0.25, 0.3) is 0 Å². The molecule has 20 heavy (non-hydrogen) atoms. The minimum absolute atomic E-state index is 0.0471. The maximum atomic E-state index is 13.5. The minimum atomic E-state index is -1.42. The molecule has 2 N–H and O–H groups in total. The van der Waals surface area contributed by atoms with E-state index in [4.69, 9.17) is 0 Å². The fraction of sp³-hybridized carbons (Fsp3) is 0.417. The summed E-state index contributed by atoms with van der Waals surface area (Å²) in [6, 6.07) is 1.83. The fourth-order valence-corrected chi connectivity index (χ4v) is 2.23. The molecule has 0 radical (unpaired) electrons. The van der Waals surface area contributed by atoms with Gasteiger partial charge in [-0.1, -0.05) is 11.8 Å². The third-order valence-corrected chi connectivity index (χ3v) is 3.59. The Hall–Kier alpha value is -1.51. The number of nitrogens with zero attached hydrogens (tertiary/aromatic N) is 1. The number of thioether (sulfide) groups is 1. The van der Waals surface area contributed by atoms with Gasteiger partial charge >= 0.3 is 5.69 Å². The highest BCUT2D eigenvalue weighted by atomic mass is 32.2. The van der Waals surface area contributed by atoms with Crippen molar-refractivity contribution in [2.45, 2.75) is 26.1 Å². The van der Waals surface area contributed by atoms with Crippen LogP contribution in [-0.4, -0.2) is 32.1 Å². The molecule has 1 aromatic rings. The molecule has 1 aromatic carbocycles. The summed E-state index contributed by atoms with van der Waals surface area (Å²) in [5.74, 6) is -1.13. The zero-order chi connectivity index (χ0) is 15.4. The zero-order valence-electron chi connectivity index (χ0n) is 10.9. The molecule has 1 rings (SSSR count). The van der Waals surface area contributed by atoms with Gasteiger partial charge in [-0.3, -0.25) is 14.9 Å². The molecule has 0 saturated carbocycles. The van der Waals surface area contributed by atoms with Crippen molar-refractivity contribution >= 4 is 22.6 Å². The Balaban J connectivity index is 2.98. The van der Waals surface area contributed by atoms with Crippen LogP contribution >= 0.6 is 11.8 Å². The number of rotatable bonds is 5. The highest BCUT2D eigenvalue weighted by molar-refractivity contribution is 8.13. The van der Waals surface area contributed by atoms with Crippen molar-refractivity contribution in [3.05, 3.63) is 39.2 Å². The number of aryl methyl sites for hydroxylation is 1. The fourth-order valence-electron chi connectivity index (χ4n) is 1.64. The van der Waals surface area contributed by atoms with Gasteiger partial charge in [-0.15, -0.1) is 0 Å². The molecule has 0 bridgehead atoms. The van der Waals surface area contributed by atoms with Crippen LogP contribution < -0.4 is 0 Å². The van der Waals surface area contributed by atoms with Gasteiger partial charge in [0.2, 0.25) is 5.82 Å². The second-order valence-electron chi connectivity index (χ2n) is 4.23. The number of benzene rings is 1. The molecule has 110 valence electrons. The maximum Gasteiger partial charge on any atom is 0.305 e. The molecule has 0 fully saturated rings. The summed E-state index contributed by atoms with van der Waals surface area (Å²) in [6.45, 7) is 2.79. The summed E-state index contributed by atoms with van der Waals surface area (Å²) in [5, 5.41) is 30.0. The van der Waals surface area contributed by atoms with Crippen LogP contribution in [0.2, 0.25) is 0 Å². The van der Waals surface area contributed by atoms with Gasteiger partial charge in [-0.2, -0.15) is 4.39 Å². The van der Waals surface area contributed by atoms with E-state index >= 15 is 0 Å². The molecule has 0 aliphatic heterocycles. The molecule has 0 saturated heterocycles. The first kappa shape index (κ1) is 16.5. The predicted octanol–water partition coefficient (Wildman–Crippen LogP) is 1.72. The lowest BCUT2D eigenvalue weighted by Crippen LogP contribution is -2.22. The van der Waals surface area contributed by atoms with Crippen molar-refractivity contribution in [3.63, 3.8) is 0 Å². The summed E-state index contributed by atoms with van der Waals surface area (Å²) in [4.78, 5) is 20.5. The molecular formula is C12H14FNO5S. The van der Waals surface area contributed by atoms with E-state index < -0.39 is 28.6 Å². The van der Waals surface area contributed by atoms with Crippen LogP contribution in [0.1, 0.15) is 24.2 Å². The standard InChI is InChI=1S/C12H14FNO5S/c1-6-3-10(14(18)19)9(13)4-8(6)12(17)11(16)5-20-7(2)15/h3-4,11-12,16-17H,5H2,1-2H3. The summed E-state index contributed by atoms with van der Waals surface area (Å²) in [5.41, 5.74) is -0.340.